The van der Waals surface area contributed by atoms with Gasteiger partial charge in [0.05, 0.1) is 13.2 Å². The van der Waals surface area contributed by atoms with Crippen molar-refractivity contribution in [3.8, 4) is 5.75 Å². The lowest BCUT2D eigenvalue weighted by molar-refractivity contribution is -0.126. The topological polar surface area (TPSA) is 21.3 Å². The second-order valence-electron chi connectivity index (χ2n) is 4.17. The molecule has 1 N–H and O–H groups in total. The monoisotopic (exact) mass is 279 g/mol. The van der Waals surface area contributed by atoms with Crippen LogP contribution in [0.3, 0.4) is 0 Å². The van der Waals surface area contributed by atoms with Gasteiger partial charge in [-0.2, -0.15) is 8.78 Å². The molecule has 6 heteroatoms. The molecule has 108 valence electrons. The van der Waals surface area contributed by atoms with Crippen molar-refractivity contribution in [1.29, 1.82) is 0 Å². The van der Waals surface area contributed by atoms with E-state index in [0.29, 0.717) is 12.4 Å². The minimum absolute atomic E-state index is 0.444. The molecular formula is C13H17F4NO. The Kier molecular flexibility index (Phi) is 5.60. The van der Waals surface area contributed by atoms with Crippen LogP contribution in [-0.2, 0) is 0 Å². The number of hydrogen-bond acceptors (Lipinski definition) is 2. The highest BCUT2D eigenvalue weighted by atomic mass is 19.3. The fraction of sp³-hybridized carbons (Fsp3) is 0.538. The second-order valence-corrected chi connectivity index (χ2v) is 4.17. The van der Waals surface area contributed by atoms with Crippen molar-refractivity contribution in [3.63, 3.8) is 0 Å². The Hall–Kier alpha value is -1.30. The molecule has 1 aromatic rings. The van der Waals surface area contributed by atoms with E-state index in [0.717, 1.165) is 5.56 Å². The predicted molar refractivity (Wildman–Crippen MR) is 65.0 cm³/mol. The van der Waals surface area contributed by atoms with Crippen LogP contribution in [0.2, 0.25) is 0 Å². The van der Waals surface area contributed by atoms with Gasteiger partial charge in [-0.1, -0.05) is 12.1 Å². The maximum absolute atomic E-state index is 12.8. The van der Waals surface area contributed by atoms with Crippen LogP contribution in [0.15, 0.2) is 24.3 Å². The molecule has 0 bridgehead atoms. The third-order valence-electron chi connectivity index (χ3n) is 2.65. The summed E-state index contributed by atoms with van der Waals surface area (Å²) in [7, 11) is 0. The van der Waals surface area contributed by atoms with Gasteiger partial charge in [-0.15, -0.1) is 0 Å². The highest BCUT2D eigenvalue weighted by molar-refractivity contribution is 5.28. The van der Waals surface area contributed by atoms with Gasteiger partial charge in [0.25, 0.3) is 0 Å². The summed E-state index contributed by atoms with van der Waals surface area (Å²) in [4.78, 5) is 0. The fourth-order valence-corrected chi connectivity index (χ4v) is 1.50. The van der Waals surface area contributed by atoms with Gasteiger partial charge in [0.15, 0.2) is 0 Å². The third kappa shape index (κ3) is 4.70. The van der Waals surface area contributed by atoms with Crippen LogP contribution >= 0.6 is 0 Å². The summed E-state index contributed by atoms with van der Waals surface area (Å²) < 4.78 is 54.7. The highest BCUT2D eigenvalue weighted by Crippen LogP contribution is 2.23. The van der Waals surface area contributed by atoms with E-state index in [2.05, 4.69) is 5.32 Å². The lowest BCUT2D eigenvalue weighted by Gasteiger charge is -2.20. The molecule has 0 aliphatic rings. The molecule has 0 fully saturated rings. The third-order valence-corrected chi connectivity index (χ3v) is 2.65. The smallest absolute Gasteiger partial charge is 0.319 e. The number of alkyl halides is 4. The molecule has 1 atom stereocenters. The van der Waals surface area contributed by atoms with Gasteiger partial charge in [0.2, 0.25) is 0 Å². The molecule has 19 heavy (non-hydrogen) atoms. The summed E-state index contributed by atoms with van der Waals surface area (Å²) in [6, 6.07) is 6.40. The van der Waals surface area contributed by atoms with Crippen LogP contribution in [-0.4, -0.2) is 25.5 Å². The Morgan fingerprint density at radius 1 is 1.21 bits per heavy atom. The number of ether oxygens (including phenoxy) is 1. The molecule has 0 radical (unpaired) electrons. The summed E-state index contributed by atoms with van der Waals surface area (Å²) in [6.07, 6.45) is -3.66. The first-order chi connectivity index (χ1) is 8.86. The van der Waals surface area contributed by atoms with Crippen molar-refractivity contribution in [2.75, 3.05) is 13.2 Å². The van der Waals surface area contributed by atoms with E-state index in [4.69, 9.17) is 4.74 Å². The zero-order valence-corrected chi connectivity index (χ0v) is 10.8. The lowest BCUT2D eigenvalue weighted by atomic mass is 10.1. The Balaban J connectivity index is 2.56. The standard InChI is InChI=1S/C13H17F4NO/c1-3-19-11-6-4-10(5-7-11)9(2)18-8-13(16,17)12(14)15/h4-7,9,12,18H,3,8H2,1-2H3. The zero-order valence-electron chi connectivity index (χ0n) is 10.8. The maximum Gasteiger partial charge on any atom is 0.319 e. The SMILES string of the molecule is CCOc1ccc(C(C)NCC(F)(F)C(F)F)cc1. The summed E-state index contributed by atoms with van der Waals surface area (Å²) >= 11 is 0. The number of halogens is 4. The molecule has 0 spiro atoms. The first-order valence-electron chi connectivity index (χ1n) is 5.99. The van der Waals surface area contributed by atoms with E-state index in [1.165, 1.54) is 0 Å². The van der Waals surface area contributed by atoms with Crippen LogP contribution in [0, 0.1) is 0 Å². The normalized spacial score (nSPS) is 13.6. The van der Waals surface area contributed by atoms with E-state index in [1.807, 2.05) is 6.92 Å². The molecule has 0 heterocycles. The van der Waals surface area contributed by atoms with E-state index in [9.17, 15) is 17.6 Å². The van der Waals surface area contributed by atoms with Gasteiger partial charge in [-0.05, 0) is 31.5 Å². The summed E-state index contributed by atoms with van der Waals surface area (Å²) in [5.74, 6) is -3.34. The second kappa shape index (κ2) is 6.75. The molecule has 1 unspecified atom stereocenters. The largest absolute Gasteiger partial charge is 0.494 e. The minimum atomic E-state index is -4.01. The molecule has 1 aromatic carbocycles. The minimum Gasteiger partial charge on any atom is -0.494 e. The highest BCUT2D eigenvalue weighted by Gasteiger charge is 2.40. The molecule has 0 amide bonds. The first kappa shape index (κ1) is 15.8. The molecule has 0 saturated carbocycles. The molecular weight excluding hydrogens is 262 g/mol. The van der Waals surface area contributed by atoms with Gasteiger partial charge >= 0.3 is 12.3 Å². The van der Waals surface area contributed by atoms with Crippen molar-refractivity contribution < 1.29 is 22.3 Å². The Labute approximate surface area is 109 Å². The van der Waals surface area contributed by atoms with Crippen LogP contribution in [0.1, 0.15) is 25.5 Å². The number of hydrogen-bond donors (Lipinski definition) is 1. The number of nitrogens with one attached hydrogen (secondary N) is 1. The van der Waals surface area contributed by atoms with Crippen molar-refractivity contribution in [3.05, 3.63) is 29.8 Å². The van der Waals surface area contributed by atoms with Gasteiger partial charge in [0.1, 0.15) is 5.75 Å². The molecule has 0 aromatic heterocycles. The van der Waals surface area contributed by atoms with Gasteiger partial charge < -0.3 is 10.1 Å². The Bertz CT molecular complexity index is 381. The molecule has 0 saturated heterocycles. The maximum atomic E-state index is 12.8. The van der Waals surface area contributed by atoms with E-state index in [1.54, 1.807) is 31.2 Å². The fourth-order valence-electron chi connectivity index (χ4n) is 1.50. The molecule has 2 nitrogen and oxygen atoms in total. The van der Waals surface area contributed by atoms with Crippen molar-refractivity contribution in [1.82, 2.24) is 5.32 Å². The molecule has 1 rings (SSSR count). The Morgan fingerprint density at radius 2 is 1.79 bits per heavy atom. The van der Waals surface area contributed by atoms with Crippen molar-refractivity contribution >= 4 is 0 Å². The number of rotatable bonds is 7. The predicted octanol–water partition coefficient (Wildman–Crippen LogP) is 3.64. The van der Waals surface area contributed by atoms with Crippen LogP contribution in [0.25, 0.3) is 0 Å². The lowest BCUT2D eigenvalue weighted by Crippen LogP contribution is -2.39. The van der Waals surface area contributed by atoms with E-state index >= 15 is 0 Å². The Morgan fingerprint density at radius 3 is 2.26 bits per heavy atom. The first-order valence-corrected chi connectivity index (χ1v) is 5.99. The zero-order chi connectivity index (χ0) is 14.5. The molecule has 0 aliphatic carbocycles. The average Bonchev–Trinajstić information content (AvgIpc) is 2.37. The van der Waals surface area contributed by atoms with Crippen molar-refractivity contribution in [2.45, 2.75) is 32.2 Å². The molecule has 0 aliphatic heterocycles. The number of benzene rings is 1. The van der Waals surface area contributed by atoms with Crippen LogP contribution in [0.4, 0.5) is 17.6 Å². The van der Waals surface area contributed by atoms with Crippen LogP contribution in [0.5, 0.6) is 5.75 Å². The quantitative estimate of drug-likeness (QED) is 0.769. The summed E-state index contributed by atoms with van der Waals surface area (Å²) in [6.45, 7) is 2.97. The van der Waals surface area contributed by atoms with E-state index < -0.39 is 24.9 Å². The van der Waals surface area contributed by atoms with Gasteiger partial charge in [0, 0.05) is 6.04 Å². The van der Waals surface area contributed by atoms with Gasteiger partial charge in [-0.25, -0.2) is 8.78 Å². The van der Waals surface area contributed by atoms with E-state index in [-0.39, 0.29) is 0 Å². The van der Waals surface area contributed by atoms with Crippen LogP contribution < -0.4 is 10.1 Å². The summed E-state index contributed by atoms with van der Waals surface area (Å²) in [5, 5.41) is 2.40. The van der Waals surface area contributed by atoms with Gasteiger partial charge in [-0.3, -0.25) is 0 Å². The summed E-state index contributed by atoms with van der Waals surface area (Å²) in [5.41, 5.74) is 0.730. The average molecular weight is 279 g/mol. The van der Waals surface area contributed by atoms with Crippen molar-refractivity contribution in [2.24, 2.45) is 0 Å².